The third-order valence-corrected chi connectivity index (χ3v) is 4.06. The van der Waals surface area contributed by atoms with E-state index in [-0.39, 0.29) is 5.75 Å². The van der Waals surface area contributed by atoms with Gasteiger partial charge >= 0.3 is 0 Å². The van der Waals surface area contributed by atoms with Crippen LogP contribution in [0.2, 0.25) is 0 Å². The first-order chi connectivity index (χ1) is 13.3. The largest absolute Gasteiger partial charge is 0.493 e. The van der Waals surface area contributed by atoms with Gasteiger partial charge in [-0.2, -0.15) is 0 Å². The molecule has 0 unspecified atom stereocenters. The van der Waals surface area contributed by atoms with E-state index in [0.29, 0.717) is 23.7 Å². The predicted octanol–water partition coefficient (Wildman–Crippen LogP) is 3.86. The first-order valence-corrected chi connectivity index (χ1v) is 7.70. The third-order valence-electron chi connectivity index (χ3n) is 4.06. The molecule has 2 aromatic carbocycles. The zero-order valence-corrected chi connectivity index (χ0v) is 14.3. The summed E-state index contributed by atoms with van der Waals surface area (Å²) in [5, 5.41) is 1.66. The minimum atomic E-state index is -2.58. The van der Waals surface area contributed by atoms with Gasteiger partial charge in [0.1, 0.15) is 0 Å². The standard InChI is InChI=1S/C20H21NO4/c1-22-17-6-5-13(10-18(17)23-2)9-16-15-12-20(25-4)19(24-3)11-14(15)7-8-21-16/h5-8,10-12H,9H2,1-4H3/i4D3. The van der Waals surface area contributed by atoms with Crippen molar-refractivity contribution >= 4 is 10.8 Å². The molecule has 1 heterocycles. The van der Waals surface area contributed by atoms with E-state index in [0.717, 1.165) is 22.0 Å². The Hall–Kier alpha value is -2.95. The second kappa shape index (κ2) is 7.30. The number of hydrogen-bond acceptors (Lipinski definition) is 5. The predicted molar refractivity (Wildman–Crippen MR) is 97.2 cm³/mol. The molecule has 0 aliphatic carbocycles. The molecule has 1 aromatic heterocycles. The van der Waals surface area contributed by atoms with Crippen molar-refractivity contribution in [2.45, 2.75) is 6.42 Å². The normalized spacial score (nSPS) is 12.8. The number of methoxy groups -OCH3 is 4. The van der Waals surface area contributed by atoms with Crippen molar-refractivity contribution in [3.05, 3.63) is 53.9 Å². The zero-order chi connectivity index (χ0) is 20.3. The molecule has 0 aliphatic heterocycles. The Morgan fingerprint density at radius 1 is 0.840 bits per heavy atom. The fraction of sp³-hybridized carbons (Fsp3) is 0.250. The van der Waals surface area contributed by atoms with Crippen molar-refractivity contribution in [2.75, 3.05) is 28.4 Å². The number of aromatic nitrogens is 1. The Balaban J connectivity index is 2.05. The number of hydrogen-bond donors (Lipinski definition) is 0. The monoisotopic (exact) mass is 342 g/mol. The van der Waals surface area contributed by atoms with Crippen LogP contribution in [0.4, 0.5) is 0 Å². The number of fused-ring (bicyclic) bond motifs is 1. The molecule has 5 heteroatoms. The van der Waals surface area contributed by atoms with Crippen LogP contribution in [0.3, 0.4) is 0 Å². The average Bonchev–Trinajstić information content (AvgIpc) is 2.66. The highest BCUT2D eigenvalue weighted by Crippen LogP contribution is 2.34. The van der Waals surface area contributed by atoms with Gasteiger partial charge < -0.3 is 18.9 Å². The number of nitrogens with zero attached hydrogens (tertiary/aromatic N) is 1. The fourth-order valence-electron chi connectivity index (χ4n) is 2.80. The smallest absolute Gasteiger partial charge is 0.161 e. The van der Waals surface area contributed by atoms with Crippen LogP contribution in [0, 0.1) is 0 Å². The number of rotatable bonds is 6. The van der Waals surface area contributed by atoms with Crippen molar-refractivity contribution in [3.63, 3.8) is 0 Å². The Bertz CT molecular complexity index is 989. The summed E-state index contributed by atoms with van der Waals surface area (Å²) < 4.78 is 43.2. The fourth-order valence-corrected chi connectivity index (χ4v) is 2.80. The highest BCUT2D eigenvalue weighted by atomic mass is 16.5. The molecular formula is C20H21NO4. The van der Waals surface area contributed by atoms with Crippen LogP contribution in [0.1, 0.15) is 15.4 Å². The molecule has 3 aromatic rings. The Kier molecular flexibility index (Phi) is 3.90. The van der Waals surface area contributed by atoms with Gasteiger partial charge in [0.25, 0.3) is 0 Å². The van der Waals surface area contributed by atoms with Gasteiger partial charge in [0.15, 0.2) is 23.0 Å². The lowest BCUT2D eigenvalue weighted by Crippen LogP contribution is -1.97. The van der Waals surface area contributed by atoms with E-state index in [9.17, 15) is 0 Å². The van der Waals surface area contributed by atoms with Crippen LogP contribution in [0.15, 0.2) is 42.6 Å². The number of benzene rings is 2. The molecule has 0 spiro atoms. The van der Waals surface area contributed by atoms with Gasteiger partial charge in [0.05, 0.1) is 38.2 Å². The quantitative estimate of drug-likeness (QED) is 0.681. The maximum absolute atomic E-state index is 7.38. The lowest BCUT2D eigenvalue weighted by Gasteiger charge is -2.12. The molecular weight excluding hydrogens is 318 g/mol. The Morgan fingerprint density at radius 2 is 1.56 bits per heavy atom. The molecule has 3 rings (SSSR count). The Morgan fingerprint density at radius 3 is 2.28 bits per heavy atom. The van der Waals surface area contributed by atoms with Crippen LogP contribution >= 0.6 is 0 Å². The van der Waals surface area contributed by atoms with Gasteiger partial charge in [0.2, 0.25) is 0 Å². The SMILES string of the molecule is [2H]C([2H])([2H])Oc1cc2c(Cc3ccc(OC)c(OC)c3)nccc2cc1OC. The molecule has 25 heavy (non-hydrogen) atoms. The summed E-state index contributed by atoms with van der Waals surface area (Å²) in [7, 11) is 2.07. The molecule has 0 saturated heterocycles. The van der Waals surface area contributed by atoms with Gasteiger partial charge in [-0.05, 0) is 41.3 Å². The molecule has 0 radical (unpaired) electrons. The summed E-state index contributed by atoms with van der Waals surface area (Å²) >= 11 is 0. The summed E-state index contributed by atoms with van der Waals surface area (Å²) in [6.07, 6.45) is 2.24. The van der Waals surface area contributed by atoms with Crippen LogP contribution in [0.25, 0.3) is 10.8 Å². The third kappa shape index (κ3) is 3.31. The van der Waals surface area contributed by atoms with Gasteiger partial charge in [0, 0.05) is 18.0 Å². The summed E-state index contributed by atoms with van der Waals surface area (Å²) in [5.41, 5.74) is 1.76. The van der Waals surface area contributed by atoms with Crippen molar-refractivity contribution in [1.29, 1.82) is 0 Å². The molecule has 0 saturated carbocycles. The second-order valence-corrected chi connectivity index (χ2v) is 5.45. The van der Waals surface area contributed by atoms with Crippen molar-refractivity contribution in [1.82, 2.24) is 4.98 Å². The molecule has 5 nitrogen and oxygen atoms in total. The van der Waals surface area contributed by atoms with Crippen LogP contribution in [0.5, 0.6) is 23.0 Å². The topological polar surface area (TPSA) is 49.8 Å². The molecule has 0 bridgehead atoms. The van der Waals surface area contributed by atoms with Gasteiger partial charge in [-0.15, -0.1) is 0 Å². The number of ether oxygens (including phenoxy) is 4. The molecule has 0 fully saturated rings. The maximum Gasteiger partial charge on any atom is 0.161 e. The summed E-state index contributed by atoms with van der Waals surface area (Å²) in [6.45, 7) is 0. The van der Waals surface area contributed by atoms with E-state index in [1.165, 1.54) is 7.11 Å². The highest BCUT2D eigenvalue weighted by Gasteiger charge is 2.11. The van der Waals surface area contributed by atoms with E-state index in [1.54, 1.807) is 32.5 Å². The lowest BCUT2D eigenvalue weighted by atomic mass is 10.0. The van der Waals surface area contributed by atoms with Gasteiger partial charge in [-0.3, -0.25) is 4.98 Å². The van der Waals surface area contributed by atoms with Crippen LogP contribution < -0.4 is 18.9 Å². The molecule has 0 aliphatic rings. The van der Waals surface area contributed by atoms with Crippen molar-refractivity contribution in [3.8, 4) is 23.0 Å². The first-order valence-electron chi connectivity index (χ1n) is 9.20. The van der Waals surface area contributed by atoms with E-state index in [1.807, 2.05) is 24.3 Å². The zero-order valence-electron chi connectivity index (χ0n) is 17.3. The maximum atomic E-state index is 7.38. The first kappa shape index (κ1) is 13.4. The van der Waals surface area contributed by atoms with Crippen LogP contribution in [-0.4, -0.2) is 33.4 Å². The number of pyridine rings is 1. The van der Waals surface area contributed by atoms with Gasteiger partial charge in [-0.1, -0.05) is 6.07 Å². The minimum Gasteiger partial charge on any atom is -0.493 e. The minimum absolute atomic E-state index is 0.150. The molecule has 0 N–H and O–H groups in total. The van der Waals surface area contributed by atoms with Gasteiger partial charge in [-0.25, -0.2) is 0 Å². The summed E-state index contributed by atoms with van der Waals surface area (Å²) in [4.78, 5) is 4.48. The van der Waals surface area contributed by atoms with Crippen molar-refractivity contribution < 1.29 is 23.1 Å². The van der Waals surface area contributed by atoms with Crippen molar-refractivity contribution in [2.24, 2.45) is 0 Å². The molecule has 0 atom stereocenters. The van der Waals surface area contributed by atoms with E-state index in [4.69, 9.17) is 23.1 Å². The van der Waals surface area contributed by atoms with E-state index < -0.39 is 7.04 Å². The highest BCUT2D eigenvalue weighted by molar-refractivity contribution is 5.88. The molecule has 0 amide bonds. The van der Waals surface area contributed by atoms with E-state index in [2.05, 4.69) is 4.98 Å². The summed E-state index contributed by atoms with van der Waals surface area (Å²) in [5.74, 6) is 1.78. The average molecular weight is 342 g/mol. The Labute approximate surface area is 151 Å². The van der Waals surface area contributed by atoms with E-state index >= 15 is 0 Å². The summed E-state index contributed by atoms with van der Waals surface area (Å²) in [6, 6.07) is 10.9. The second-order valence-electron chi connectivity index (χ2n) is 5.45. The molecule has 130 valence electrons. The lowest BCUT2D eigenvalue weighted by molar-refractivity contribution is 0.354. The van der Waals surface area contributed by atoms with Crippen LogP contribution in [-0.2, 0) is 6.42 Å².